The van der Waals surface area contributed by atoms with Gasteiger partial charge < -0.3 is 14.7 Å². The first-order valence-electron chi connectivity index (χ1n) is 7.28. The largest absolute Gasteiger partial charge is 0.389 e. The number of methoxy groups -OCH3 is 1. The lowest BCUT2D eigenvalue weighted by atomic mass is 10.0. The van der Waals surface area contributed by atoms with Crippen LogP contribution in [-0.2, 0) is 4.74 Å². The molecule has 1 aromatic carbocycles. The van der Waals surface area contributed by atoms with Gasteiger partial charge in [0.15, 0.2) is 0 Å². The second-order valence-corrected chi connectivity index (χ2v) is 5.04. The van der Waals surface area contributed by atoms with Gasteiger partial charge in [0, 0.05) is 30.9 Å². The summed E-state index contributed by atoms with van der Waals surface area (Å²) in [5, 5.41) is 9.91. The summed E-state index contributed by atoms with van der Waals surface area (Å²) in [5.74, 6) is -0.319. The van der Waals surface area contributed by atoms with Gasteiger partial charge >= 0.3 is 0 Å². The lowest BCUT2D eigenvalue weighted by Gasteiger charge is -2.34. The molecule has 20 heavy (non-hydrogen) atoms. The molecular formula is C16H26FNO2. The van der Waals surface area contributed by atoms with Crippen LogP contribution in [0.25, 0.3) is 0 Å². The summed E-state index contributed by atoms with van der Waals surface area (Å²) in [6.07, 6.45) is 1.30. The van der Waals surface area contributed by atoms with Crippen LogP contribution in [0.2, 0.25) is 0 Å². The fraction of sp³-hybridized carbons (Fsp3) is 0.625. The van der Waals surface area contributed by atoms with Crippen LogP contribution in [-0.4, -0.2) is 31.4 Å². The summed E-state index contributed by atoms with van der Waals surface area (Å²) in [5.41, 5.74) is 1.53. The van der Waals surface area contributed by atoms with Crippen molar-refractivity contribution in [2.75, 3.05) is 25.2 Å². The number of rotatable bonds is 8. The topological polar surface area (TPSA) is 32.7 Å². The second-order valence-electron chi connectivity index (χ2n) is 5.04. The molecule has 1 unspecified atom stereocenters. The van der Waals surface area contributed by atoms with Crippen molar-refractivity contribution in [1.82, 2.24) is 0 Å². The Morgan fingerprint density at radius 3 is 2.45 bits per heavy atom. The Morgan fingerprint density at radius 2 is 1.95 bits per heavy atom. The highest BCUT2D eigenvalue weighted by atomic mass is 19.1. The first-order chi connectivity index (χ1) is 9.54. The molecule has 0 saturated heterocycles. The van der Waals surface area contributed by atoms with Gasteiger partial charge in [-0.05, 0) is 38.0 Å². The van der Waals surface area contributed by atoms with Gasteiger partial charge in [0.2, 0.25) is 0 Å². The molecule has 0 saturated carbocycles. The summed E-state index contributed by atoms with van der Waals surface area (Å²) in [7, 11) is 1.67. The molecule has 1 rings (SSSR count). The van der Waals surface area contributed by atoms with Crippen molar-refractivity contribution in [2.24, 2.45) is 0 Å². The van der Waals surface area contributed by atoms with Crippen molar-refractivity contribution in [3.05, 3.63) is 29.6 Å². The molecular weight excluding hydrogens is 257 g/mol. The van der Waals surface area contributed by atoms with E-state index in [1.807, 2.05) is 0 Å². The summed E-state index contributed by atoms with van der Waals surface area (Å²) < 4.78 is 18.6. The summed E-state index contributed by atoms with van der Waals surface area (Å²) in [4.78, 5) is 2.21. The predicted molar refractivity (Wildman–Crippen MR) is 80.6 cm³/mol. The van der Waals surface area contributed by atoms with Crippen LogP contribution < -0.4 is 4.90 Å². The van der Waals surface area contributed by atoms with Gasteiger partial charge in [-0.3, -0.25) is 0 Å². The summed E-state index contributed by atoms with van der Waals surface area (Å²) in [6, 6.07) is 4.98. The van der Waals surface area contributed by atoms with Crippen molar-refractivity contribution in [3.8, 4) is 0 Å². The molecule has 0 spiro atoms. The quantitative estimate of drug-likeness (QED) is 0.792. The average Bonchev–Trinajstić information content (AvgIpc) is 2.43. The molecule has 114 valence electrons. The molecule has 0 heterocycles. The third kappa shape index (κ3) is 4.18. The first-order valence-corrected chi connectivity index (χ1v) is 7.28. The predicted octanol–water partition coefficient (Wildman–Crippen LogP) is 3.52. The van der Waals surface area contributed by atoms with Gasteiger partial charge in [-0.2, -0.15) is 0 Å². The standard InChI is InChI=1S/C16H26FNO2/c1-5-14(6-2)18(9-10-20-4)16-8-7-13(17)11-15(16)12(3)19/h7-8,11-12,14,19H,5-6,9-10H2,1-4H3. The molecule has 0 bridgehead atoms. The van der Waals surface area contributed by atoms with Crippen molar-refractivity contribution >= 4 is 5.69 Å². The Kier molecular flexibility index (Phi) is 6.96. The number of aliphatic hydroxyl groups is 1. The van der Waals surface area contributed by atoms with Crippen LogP contribution in [0.15, 0.2) is 18.2 Å². The van der Waals surface area contributed by atoms with E-state index < -0.39 is 6.10 Å². The van der Waals surface area contributed by atoms with Crippen LogP contribution >= 0.6 is 0 Å². The van der Waals surface area contributed by atoms with E-state index in [1.165, 1.54) is 12.1 Å². The maximum Gasteiger partial charge on any atom is 0.123 e. The Bertz CT molecular complexity index is 405. The Hall–Kier alpha value is -1.13. The monoisotopic (exact) mass is 283 g/mol. The number of nitrogens with zero attached hydrogens (tertiary/aromatic N) is 1. The molecule has 0 aromatic heterocycles. The van der Waals surface area contributed by atoms with E-state index in [-0.39, 0.29) is 5.82 Å². The lowest BCUT2D eigenvalue weighted by molar-refractivity contribution is 0.195. The average molecular weight is 283 g/mol. The zero-order valence-electron chi connectivity index (χ0n) is 12.9. The molecule has 1 N–H and O–H groups in total. The van der Waals surface area contributed by atoms with Crippen LogP contribution in [0.3, 0.4) is 0 Å². The molecule has 4 heteroatoms. The Labute approximate surface area is 121 Å². The van der Waals surface area contributed by atoms with Gasteiger partial charge in [-0.15, -0.1) is 0 Å². The number of aliphatic hydroxyl groups excluding tert-OH is 1. The van der Waals surface area contributed by atoms with Crippen LogP contribution in [0.5, 0.6) is 0 Å². The molecule has 0 amide bonds. The van der Waals surface area contributed by atoms with Gasteiger partial charge in [-0.1, -0.05) is 13.8 Å². The van der Waals surface area contributed by atoms with Crippen molar-refractivity contribution in [2.45, 2.75) is 45.8 Å². The molecule has 0 fully saturated rings. The highest BCUT2D eigenvalue weighted by Crippen LogP contribution is 2.30. The fourth-order valence-electron chi connectivity index (χ4n) is 2.54. The van der Waals surface area contributed by atoms with Crippen LogP contribution in [0, 0.1) is 5.82 Å². The van der Waals surface area contributed by atoms with E-state index in [1.54, 1.807) is 20.1 Å². The number of halogens is 1. The highest BCUT2D eigenvalue weighted by molar-refractivity contribution is 5.55. The smallest absolute Gasteiger partial charge is 0.123 e. The molecule has 3 nitrogen and oxygen atoms in total. The Balaban J connectivity index is 3.17. The molecule has 0 aliphatic rings. The minimum Gasteiger partial charge on any atom is -0.389 e. The zero-order valence-corrected chi connectivity index (χ0v) is 12.9. The van der Waals surface area contributed by atoms with Crippen molar-refractivity contribution < 1.29 is 14.2 Å². The van der Waals surface area contributed by atoms with Gasteiger partial charge in [0.05, 0.1) is 12.7 Å². The molecule has 1 aromatic rings. The van der Waals surface area contributed by atoms with Gasteiger partial charge in [0.1, 0.15) is 5.82 Å². The SMILES string of the molecule is CCC(CC)N(CCOC)c1ccc(F)cc1C(C)O. The number of hydrogen-bond donors (Lipinski definition) is 1. The van der Waals surface area contributed by atoms with Gasteiger partial charge in [-0.25, -0.2) is 4.39 Å². The molecule has 0 aliphatic carbocycles. The van der Waals surface area contributed by atoms with E-state index in [9.17, 15) is 9.50 Å². The fourth-order valence-corrected chi connectivity index (χ4v) is 2.54. The van der Waals surface area contributed by atoms with Crippen LogP contribution in [0.4, 0.5) is 10.1 Å². The molecule has 0 aliphatic heterocycles. The molecule has 0 radical (unpaired) electrons. The number of hydrogen-bond acceptors (Lipinski definition) is 3. The first kappa shape index (κ1) is 16.9. The van der Waals surface area contributed by atoms with E-state index >= 15 is 0 Å². The number of anilines is 1. The van der Waals surface area contributed by atoms with Gasteiger partial charge in [0.25, 0.3) is 0 Å². The zero-order chi connectivity index (χ0) is 15.1. The van der Waals surface area contributed by atoms with E-state index in [0.717, 1.165) is 25.1 Å². The minimum atomic E-state index is -0.694. The third-order valence-corrected chi connectivity index (χ3v) is 3.67. The normalized spacial score (nSPS) is 12.8. The number of ether oxygens (including phenoxy) is 1. The minimum absolute atomic E-state index is 0.319. The third-order valence-electron chi connectivity index (χ3n) is 3.67. The lowest BCUT2D eigenvalue weighted by Crippen LogP contribution is -2.38. The summed E-state index contributed by atoms with van der Waals surface area (Å²) >= 11 is 0. The van der Waals surface area contributed by atoms with Crippen molar-refractivity contribution in [1.29, 1.82) is 0 Å². The second kappa shape index (κ2) is 8.22. The van der Waals surface area contributed by atoms with Crippen LogP contribution in [0.1, 0.15) is 45.3 Å². The van der Waals surface area contributed by atoms with E-state index in [0.29, 0.717) is 18.2 Å². The van der Waals surface area contributed by atoms with E-state index in [2.05, 4.69) is 18.7 Å². The highest BCUT2D eigenvalue weighted by Gasteiger charge is 2.20. The maximum absolute atomic E-state index is 13.4. The maximum atomic E-state index is 13.4. The Morgan fingerprint density at radius 1 is 1.30 bits per heavy atom. The molecule has 1 atom stereocenters. The van der Waals surface area contributed by atoms with Crippen molar-refractivity contribution in [3.63, 3.8) is 0 Å². The van der Waals surface area contributed by atoms with E-state index in [4.69, 9.17) is 4.74 Å². The number of benzene rings is 1. The summed E-state index contributed by atoms with van der Waals surface area (Å²) in [6.45, 7) is 7.28.